The van der Waals surface area contributed by atoms with Crippen LogP contribution in [0.3, 0.4) is 0 Å². The Morgan fingerprint density at radius 2 is 2.04 bits per heavy atom. The molecule has 0 saturated carbocycles. The molecule has 1 amide bonds. The number of piperidine rings is 1. The molecule has 1 aliphatic heterocycles. The zero-order chi connectivity index (χ0) is 17.1. The Morgan fingerprint density at radius 1 is 1.38 bits per heavy atom. The molecule has 2 aromatic rings. The van der Waals surface area contributed by atoms with Gasteiger partial charge in [0.15, 0.2) is 0 Å². The monoisotopic (exact) mass is 365 g/mol. The van der Waals surface area contributed by atoms with Gasteiger partial charge in [-0.15, -0.1) is 11.3 Å². The van der Waals surface area contributed by atoms with Crippen molar-refractivity contribution in [3.8, 4) is 0 Å². The average molecular weight is 366 g/mol. The van der Waals surface area contributed by atoms with Crippen molar-refractivity contribution in [3.63, 3.8) is 0 Å². The standard InChI is InChI=1S/C17H20ClN3O2S/c18-13-3-1-11(2-4-13)16(22)12-5-7-21(8-6-12)17(23)14-10-24-15(9-19)20-14/h1-4,10,12,16,22H,5-9,19H2/t16-/m1/s1. The zero-order valence-electron chi connectivity index (χ0n) is 13.2. The Balaban J connectivity index is 1.58. The lowest BCUT2D eigenvalue weighted by atomic mass is 9.87. The van der Waals surface area contributed by atoms with E-state index in [1.807, 2.05) is 12.1 Å². The van der Waals surface area contributed by atoms with E-state index in [1.54, 1.807) is 22.4 Å². The Kier molecular flexibility index (Phi) is 5.50. The Bertz CT molecular complexity index is 696. The van der Waals surface area contributed by atoms with Gasteiger partial charge >= 0.3 is 0 Å². The molecule has 7 heteroatoms. The van der Waals surface area contributed by atoms with Crippen molar-refractivity contribution in [2.75, 3.05) is 13.1 Å². The summed E-state index contributed by atoms with van der Waals surface area (Å²) in [4.78, 5) is 18.5. The minimum absolute atomic E-state index is 0.0506. The zero-order valence-corrected chi connectivity index (χ0v) is 14.8. The highest BCUT2D eigenvalue weighted by Crippen LogP contribution is 2.31. The number of aliphatic hydroxyl groups is 1. The normalized spacial score (nSPS) is 17.0. The van der Waals surface area contributed by atoms with Gasteiger partial charge in [-0.1, -0.05) is 23.7 Å². The SMILES string of the molecule is NCc1nc(C(=O)N2CCC([C@H](O)c3ccc(Cl)cc3)CC2)cs1. The summed E-state index contributed by atoms with van der Waals surface area (Å²) in [6.45, 7) is 1.61. The van der Waals surface area contributed by atoms with E-state index in [9.17, 15) is 9.90 Å². The molecule has 0 unspecified atom stereocenters. The quantitative estimate of drug-likeness (QED) is 0.873. The largest absolute Gasteiger partial charge is 0.388 e. The number of carbonyl (C=O) groups is 1. The first-order valence-corrected chi connectivity index (χ1v) is 9.21. The number of nitrogens with two attached hydrogens (primary N) is 1. The number of halogens is 1. The van der Waals surface area contributed by atoms with Crippen molar-refractivity contribution < 1.29 is 9.90 Å². The van der Waals surface area contributed by atoms with Crippen LogP contribution in [-0.2, 0) is 6.54 Å². The number of rotatable bonds is 4. The van der Waals surface area contributed by atoms with Crippen molar-refractivity contribution in [2.45, 2.75) is 25.5 Å². The average Bonchev–Trinajstić information content (AvgIpc) is 3.10. The van der Waals surface area contributed by atoms with E-state index in [0.29, 0.717) is 30.4 Å². The molecule has 0 aliphatic carbocycles. The van der Waals surface area contributed by atoms with Gasteiger partial charge in [0, 0.05) is 30.0 Å². The van der Waals surface area contributed by atoms with E-state index >= 15 is 0 Å². The topological polar surface area (TPSA) is 79.5 Å². The van der Waals surface area contributed by atoms with Gasteiger partial charge in [-0.05, 0) is 36.5 Å². The number of thiazole rings is 1. The van der Waals surface area contributed by atoms with E-state index in [0.717, 1.165) is 23.4 Å². The summed E-state index contributed by atoms with van der Waals surface area (Å²) in [5.74, 6) is 0.0932. The summed E-state index contributed by atoms with van der Waals surface area (Å²) < 4.78 is 0. The first-order chi connectivity index (χ1) is 11.6. The molecule has 3 rings (SSSR count). The van der Waals surface area contributed by atoms with Gasteiger partial charge in [0.1, 0.15) is 10.7 Å². The number of carbonyl (C=O) groups excluding carboxylic acids is 1. The summed E-state index contributed by atoms with van der Waals surface area (Å²) in [7, 11) is 0. The molecular formula is C17H20ClN3O2S. The van der Waals surface area contributed by atoms with Gasteiger partial charge < -0.3 is 15.7 Å². The first kappa shape index (κ1) is 17.4. The number of benzene rings is 1. The lowest BCUT2D eigenvalue weighted by molar-refractivity contribution is 0.0459. The number of likely N-dealkylation sites (tertiary alicyclic amines) is 1. The molecule has 1 aliphatic rings. The first-order valence-electron chi connectivity index (χ1n) is 7.95. The van der Waals surface area contributed by atoms with E-state index in [4.69, 9.17) is 17.3 Å². The molecular weight excluding hydrogens is 346 g/mol. The molecule has 2 heterocycles. The van der Waals surface area contributed by atoms with E-state index in [2.05, 4.69) is 4.98 Å². The van der Waals surface area contributed by atoms with Gasteiger partial charge in [-0.25, -0.2) is 4.98 Å². The van der Waals surface area contributed by atoms with Crippen LogP contribution in [0.4, 0.5) is 0 Å². The summed E-state index contributed by atoms with van der Waals surface area (Å²) in [5, 5.41) is 13.7. The van der Waals surface area contributed by atoms with Crippen LogP contribution in [0.2, 0.25) is 5.02 Å². The maximum absolute atomic E-state index is 12.5. The highest BCUT2D eigenvalue weighted by molar-refractivity contribution is 7.09. The second-order valence-electron chi connectivity index (χ2n) is 5.96. The molecule has 1 fully saturated rings. The highest BCUT2D eigenvalue weighted by Gasteiger charge is 2.29. The fourth-order valence-corrected chi connectivity index (χ4v) is 3.79. The van der Waals surface area contributed by atoms with Crippen LogP contribution >= 0.6 is 22.9 Å². The summed E-state index contributed by atoms with van der Waals surface area (Å²) in [6.07, 6.45) is 1.01. The summed E-state index contributed by atoms with van der Waals surface area (Å²) in [5.41, 5.74) is 6.89. The van der Waals surface area contributed by atoms with E-state index in [1.165, 1.54) is 11.3 Å². The minimum atomic E-state index is -0.525. The number of aromatic nitrogens is 1. The van der Waals surface area contributed by atoms with Crippen molar-refractivity contribution in [1.82, 2.24) is 9.88 Å². The summed E-state index contributed by atoms with van der Waals surface area (Å²) >= 11 is 7.30. The van der Waals surface area contributed by atoms with Crippen molar-refractivity contribution in [3.05, 3.63) is 50.9 Å². The molecule has 0 radical (unpaired) electrons. The van der Waals surface area contributed by atoms with E-state index < -0.39 is 6.10 Å². The highest BCUT2D eigenvalue weighted by atomic mass is 35.5. The number of amides is 1. The Labute approximate surface area is 150 Å². The Morgan fingerprint density at radius 3 is 2.62 bits per heavy atom. The molecule has 1 aromatic heterocycles. The minimum Gasteiger partial charge on any atom is -0.388 e. The smallest absolute Gasteiger partial charge is 0.273 e. The molecule has 0 bridgehead atoms. The lowest BCUT2D eigenvalue weighted by Crippen LogP contribution is -2.40. The second kappa shape index (κ2) is 7.61. The number of nitrogens with zero attached hydrogens (tertiary/aromatic N) is 2. The van der Waals surface area contributed by atoms with Gasteiger partial charge in [0.2, 0.25) is 0 Å². The van der Waals surface area contributed by atoms with Gasteiger partial charge in [0.25, 0.3) is 5.91 Å². The molecule has 1 saturated heterocycles. The third kappa shape index (κ3) is 3.78. The Hall–Kier alpha value is -1.47. The van der Waals surface area contributed by atoms with Gasteiger partial charge in [-0.2, -0.15) is 0 Å². The van der Waals surface area contributed by atoms with Gasteiger partial charge in [0.05, 0.1) is 6.10 Å². The van der Waals surface area contributed by atoms with Crippen LogP contribution in [0.15, 0.2) is 29.6 Å². The van der Waals surface area contributed by atoms with Crippen molar-refractivity contribution in [2.24, 2.45) is 11.7 Å². The summed E-state index contributed by atoms with van der Waals surface area (Å²) in [6, 6.07) is 7.29. The van der Waals surface area contributed by atoms with E-state index in [-0.39, 0.29) is 11.8 Å². The van der Waals surface area contributed by atoms with Crippen LogP contribution in [0, 0.1) is 5.92 Å². The third-order valence-corrected chi connectivity index (χ3v) is 5.55. The molecule has 128 valence electrons. The molecule has 1 atom stereocenters. The van der Waals surface area contributed by atoms with Crippen molar-refractivity contribution >= 4 is 28.8 Å². The second-order valence-corrected chi connectivity index (χ2v) is 7.34. The number of hydrogen-bond donors (Lipinski definition) is 2. The van der Waals surface area contributed by atoms with Crippen LogP contribution in [0.1, 0.15) is 40.0 Å². The third-order valence-electron chi connectivity index (χ3n) is 4.43. The molecule has 3 N–H and O–H groups in total. The predicted octanol–water partition coefficient (Wildman–Crippen LogP) is 2.84. The van der Waals surface area contributed by atoms with Crippen molar-refractivity contribution in [1.29, 1.82) is 0 Å². The molecule has 0 spiro atoms. The molecule has 24 heavy (non-hydrogen) atoms. The fourth-order valence-electron chi connectivity index (χ4n) is 3.02. The molecule has 1 aromatic carbocycles. The fraction of sp³-hybridized carbons (Fsp3) is 0.412. The maximum atomic E-state index is 12.5. The lowest BCUT2D eigenvalue weighted by Gasteiger charge is -2.34. The predicted molar refractivity (Wildman–Crippen MR) is 95.0 cm³/mol. The maximum Gasteiger partial charge on any atom is 0.273 e. The number of hydrogen-bond acceptors (Lipinski definition) is 5. The van der Waals surface area contributed by atoms with Crippen LogP contribution < -0.4 is 5.73 Å². The van der Waals surface area contributed by atoms with Crippen LogP contribution in [0.25, 0.3) is 0 Å². The molecule has 5 nitrogen and oxygen atoms in total. The van der Waals surface area contributed by atoms with Crippen LogP contribution in [-0.4, -0.2) is 34.0 Å². The van der Waals surface area contributed by atoms with Crippen LogP contribution in [0.5, 0.6) is 0 Å². The van der Waals surface area contributed by atoms with Gasteiger partial charge in [-0.3, -0.25) is 4.79 Å². The number of aliphatic hydroxyl groups excluding tert-OH is 1.